The van der Waals surface area contributed by atoms with E-state index in [2.05, 4.69) is 27.6 Å². The minimum Gasteiger partial charge on any atom is -0.377 e. The van der Waals surface area contributed by atoms with Crippen molar-refractivity contribution in [2.45, 2.75) is 13.0 Å². The maximum Gasteiger partial charge on any atom is 0.137 e. The Bertz CT molecular complexity index is 676. The van der Waals surface area contributed by atoms with E-state index in [1.165, 1.54) is 5.56 Å². The largest absolute Gasteiger partial charge is 0.377 e. The Hall–Kier alpha value is -1.85. The SMILES string of the molecule is CC(Nc1ccc(-n2ccnc2)nc1)c1csc(Cl)c1. The van der Waals surface area contributed by atoms with Gasteiger partial charge < -0.3 is 5.32 Å². The lowest BCUT2D eigenvalue weighted by Gasteiger charge is -2.14. The molecule has 0 saturated carbocycles. The number of rotatable bonds is 4. The van der Waals surface area contributed by atoms with Gasteiger partial charge in [-0.25, -0.2) is 9.97 Å². The average Bonchev–Trinajstić information content (AvgIpc) is 3.10. The summed E-state index contributed by atoms with van der Waals surface area (Å²) >= 11 is 7.50. The fourth-order valence-electron chi connectivity index (χ4n) is 1.90. The molecule has 6 heteroatoms. The number of nitrogens with zero attached hydrogens (tertiary/aromatic N) is 3. The molecule has 0 radical (unpaired) electrons. The third-order valence-corrected chi connectivity index (χ3v) is 4.10. The zero-order valence-electron chi connectivity index (χ0n) is 10.8. The quantitative estimate of drug-likeness (QED) is 0.787. The van der Waals surface area contributed by atoms with Gasteiger partial charge in [0.05, 0.1) is 16.2 Å². The molecule has 20 heavy (non-hydrogen) atoms. The molecule has 0 aromatic carbocycles. The molecule has 0 aliphatic rings. The van der Waals surface area contributed by atoms with Gasteiger partial charge in [0, 0.05) is 18.4 Å². The monoisotopic (exact) mass is 304 g/mol. The Morgan fingerprint density at radius 3 is 2.90 bits per heavy atom. The first-order valence-corrected chi connectivity index (χ1v) is 7.43. The van der Waals surface area contributed by atoms with Crippen molar-refractivity contribution in [3.8, 4) is 5.82 Å². The van der Waals surface area contributed by atoms with Gasteiger partial charge in [-0.2, -0.15) is 0 Å². The Morgan fingerprint density at radius 2 is 2.30 bits per heavy atom. The van der Waals surface area contributed by atoms with Crippen molar-refractivity contribution < 1.29 is 0 Å². The molecule has 102 valence electrons. The molecule has 3 aromatic rings. The number of thiophene rings is 1. The van der Waals surface area contributed by atoms with Crippen LogP contribution in [0.2, 0.25) is 4.34 Å². The highest BCUT2D eigenvalue weighted by Crippen LogP contribution is 2.26. The van der Waals surface area contributed by atoms with Gasteiger partial charge in [-0.15, -0.1) is 11.3 Å². The van der Waals surface area contributed by atoms with E-state index in [1.807, 2.05) is 35.2 Å². The summed E-state index contributed by atoms with van der Waals surface area (Å²) in [6, 6.07) is 6.14. The van der Waals surface area contributed by atoms with E-state index >= 15 is 0 Å². The van der Waals surface area contributed by atoms with Crippen molar-refractivity contribution in [1.29, 1.82) is 0 Å². The van der Waals surface area contributed by atoms with Gasteiger partial charge in [0.25, 0.3) is 0 Å². The lowest BCUT2D eigenvalue weighted by molar-refractivity contribution is 0.886. The number of anilines is 1. The number of hydrogen-bond donors (Lipinski definition) is 1. The summed E-state index contributed by atoms with van der Waals surface area (Å²) in [5.74, 6) is 0.847. The van der Waals surface area contributed by atoms with Crippen molar-refractivity contribution in [2.75, 3.05) is 5.32 Å². The number of aromatic nitrogens is 3. The van der Waals surface area contributed by atoms with Crippen molar-refractivity contribution >= 4 is 28.6 Å². The van der Waals surface area contributed by atoms with Crippen LogP contribution in [-0.2, 0) is 0 Å². The highest BCUT2D eigenvalue weighted by molar-refractivity contribution is 7.14. The van der Waals surface area contributed by atoms with Crippen LogP contribution in [0.5, 0.6) is 0 Å². The predicted molar refractivity (Wildman–Crippen MR) is 82.7 cm³/mol. The lowest BCUT2D eigenvalue weighted by Crippen LogP contribution is -2.06. The smallest absolute Gasteiger partial charge is 0.137 e. The Kier molecular flexibility index (Phi) is 3.71. The van der Waals surface area contributed by atoms with Crippen LogP contribution >= 0.6 is 22.9 Å². The summed E-state index contributed by atoms with van der Waals surface area (Å²) in [4.78, 5) is 8.42. The fraction of sp³-hybridized carbons (Fsp3) is 0.143. The third kappa shape index (κ3) is 2.84. The predicted octanol–water partition coefficient (Wildman–Crippen LogP) is 4.16. The Labute approximate surface area is 126 Å². The molecular formula is C14H13ClN4S. The molecule has 1 N–H and O–H groups in total. The van der Waals surface area contributed by atoms with Crippen LogP contribution in [0.4, 0.5) is 5.69 Å². The topological polar surface area (TPSA) is 42.7 Å². The Balaban J connectivity index is 1.72. The number of hydrogen-bond acceptors (Lipinski definition) is 4. The molecule has 0 fully saturated rings. The molecule has 0 bridgehead atoms. The molecule has 0 aliphatic carbocycles. The molecule has 1 atom stereocenters. The van der Waals surface area contributed by atoms with Crippen LogP contribution in [0, 0.1) is 0 Å². The minimum atomic E-state index is 0.194. The molecule has 1 unspecified atom stereocenters. The van der Waals surface area contributed by atoms with Gasteiger partial charge >= 0.3 is 0 Å². The van der Waals surface area contributed by atoms with E-state index in [1.54, 1.807) is 23.9 Å². The van der Waals surface area contributed by atoms with Gasteiger partial charge in [0.15, 0.2) is 0 Å². The second-order valence-corrected chi connectivity index (χ2v) is 5.97. The normalized spacial score (nSPS) is 12.3. The van der Waals surface area contributed by atoms with Crippen molar-refractivity contribution in [2.24, 2.45) is 0 Å². The molecule has 4 nitrogen and oxygen atoms in total. The van der Waals surface area contributed by atoms with Gasteiger partial charge in [-0.1, -0.05) is 11.6 Å². The third-order valence-electron chi connectivity index (χ3n) is 2.99. The van der Waals surface area contributed by atoms with Crippen LogP contribution in [0.3, 0.4) is 0 Å². The van der Waals surface area contributed by atoms with Gasteiger partial charge in [0.1, 0.15) is 12.1 Å². The van der Waals surface area contributed by atoms with E-state index in [0.29, 0.717) is 0 Å². The van der Waals surface area contributed by atoms with E-state index in [-0.39, 0.29) is 6.04 Å². The zero-order valence-corrected chi connectivity index (χ0v) is 12.4. The number of pyridine rings is 1. The number of nitrogens with one attached hydrogen (secondary N) is 1. The highest BCUT2D eigenvalue weighted by atomic mass is 35.5. The molecule has 3 heterocycles. The first-order valence-electron chi connectivity index (χ1n) is 6.17. The summed E-state index contributed by atoms with van der Waals surface area (Å²) in [5.41, 5.74) is 2.15. The van der Waals surface area contributed by atoms with Gasteiger partial charge in [0.2, 0.25) is 0 Å². The first kappa shape index (κ1) is 13.1. The van der Waals surface area contributed by atoms with Gasteiger partial charge in [-0.3, -0.25) is 4.57 Å². The lowest BCUT2D eigenvalue weighted by atomic mass is 10.2. The number of halogens is 1. The van der Waals surface area contributed by atoms with E-state index in [4.69, 9.17) is 11.6 Å². The van der Waals surface area contributed by atoms with Crippen LogP contribution in [0.1, 0.15) is 18.5 Å². The van der Waals surface area contributed by atoms with E-state index in [0.717, 1.165) is 15.8 Å². The maximum atomic E-state index is 5.96. The second-order valence-electron chi connectivity index (χ2n) is 4.43. The molecule has 0 amide bonds. The van der Waals surface area contributed by atoms with Crippen LogP contribution in [-0.4, -0.2) is 14.5 Å². The van der Waals surface area contributed by atoms with Crippen molar-refractivity contribution in [3.63, 3.8) is 0 Å². The van der Waals surface area contributed by atoms with Crippen LogP contribution < -0.4 is 5.32 Å². The van der Waals surface area contributed by atoms with Crippen LogP contribution in [0.25, 0.3) is 5.82 Å². The second kappa shape index (κ2) is 5.64. The average molecular weight is 305 g/mol. The van der Waals surface area contributed by atoms with Crippen molar-refractivity contribution in [1.82, 2.24) is 14.5 Å². The van der Waals surface area contributed by atoms with Gasteiger partial charge in [-0.05, 0) is 36.1 Å². The molecular weight excluding hydrogens is 292 g/mol. The molecule has 3 rings (SSSR count). The standard InChI is InChI=1S/C14H13ClN4S/c1-10(11-6-13(15)20-8-11)18-12-2-3-14(17-7-12)19-5-4-16-9-19/h2-10,18H,1H3. The minimum absolute atomic E-state index is 0.194. The van der Waals surface area contributed by atoms with E-state index in [9.17, 15) is 0 Å². The van der Waals surface area contributed by atoms with Crippen LogP contribution in [0.15, 0.2) is 48.5 Å². The summed E-state index contributed by atoms with van der Waals surface area (Å²) < 4.78 is 2.67. The first-order chi connectivity index (χ1) is 9.72. The molecule has 0 aliphatic heterocycles. The van der Waals surface area contributed by atoms with E-state index < -0.39 is 0 Å². The molecule has 0 spiro atoms. The van der Waals surface area contributed by atoms with Crippen molar-refractivity contribution in [3.05, 3.63) is 58.4 Å². The Morgan fingerprint density at radius 1 is 1.40 bits per heavy atom. The molecule has 3 aromatic heterocycles. The highest BCUT2D eigenvalue weighted by Gasteiger charge is 2.08. The summed E-state index contributed by atoms with van der Waals surface area (Å²) in [5, 5.41) is 5.47. The number of imidazole rings is 1. The summed E-state index contributed by atoms with van der Waals surface area (Å²) in [7, 11) is 0. The summed E-state index contributed by atoms with van der Waals surface area (Å²) in [6.45, 7) is 2.10. The fourth-order valence-corrected chi connectivity index (χ4v) is 2.89. The molecule has 0 saturated heterocycles. The maximum absolute atomic E-state index is 5.96. The zero-order chi connectivity index (χ0) is 13.9. The summed E-state index contributed by atoms with van der Waals surface area (Å²) in [6.07, 6.45) is 7.15.